The van der Waals surface area contributed by atoms with Crippen LogP contribution in [0.15, 0.2) is 0 Å². The maximum Gasteiger partial charge on any atom is 0.236 e. The minimum atomic E-state index is 0.211. The topological polar surface area (TPSA) is 53.0 Å². The Morgan fingerprint density at radius 2 is 2.00 bits per heavy atom. The summed E-state index contributed by atoms with van der Waals surface area (Å²) in [5, 5.41) is 9.08. The van der Waals surface area contributed by atoms with Crippen molar-refractivity contribution >= 4 is 5.91 Å². The fraction of sp³-hybridized carbons (Fsp3) is 0.923. The second kappa shape index (κ2) is 7.07. The summed E-state index contributed by atoms with van der Waals surface area (Å²) in [5.41, 5.74) is 0. The van der Waals surface area contributed by atoms with E-state index in [1.165, 1.54) is 6.42 Å². The first-order valence-corrected chi connectivity index (χ1v) is 7.01. The first kappa shape index (κ1) is 13.8. The summed E-state index contributed by atoms with van der Waals surface area (Å²) in [6.07, 6.45) is 4.28. The summed E-state index contributed by atoms with van der Waals surface area (Å²) < 4.78 is 5.26. The number of hydrogen-bond acceptors (Lipinski definition) is 4. The summed E-state index contributed by atoms with van der Waals surface area (Å²) in [5.74, 6) is 0.211. The normalized spacial score (nSPS) is 26.3. The highest BCUT2D eigenvalue weighted by Gasteiger charge is 2.26. The summed E-state index contributed by atoms with van der Waals surface area (Å²) >= 11 is 0. The largest absolute Gasteiger partial charge is 0.396 e. The number of rotatable bonds is 4. The summed E-state index contributed by atoms with van der Waals surface area (Å²) in [6.45, 7) is 4.46. The van der Waals surface area contributed by atoms with E-state index in [4.69, 9.17) is 9.84 Å². The van der Waals surface area contributed by atoms with Crippen molar-refractivity contribution in [2.75, 3.05) is 46.0 Å². The Hall–Kier alpha value is -0.650. The third-order valence-electron chi connectivity index (χ3n) is 3.91. The van der Waals surface area contributed by atoms with Crippen molar-refractivity contribution in [3.05, 3.63) is 0 Å². The molecule has 0 unspecified atom stereocenters. The van der Waals surface area contributed by atoms with Gasteiger partial charge in [-0.05, 0) is 25.8 Å². The molecular formula is C13H24N2O3. The zero-order chi connectivity index (χ0) is 12.8. The van der Waals surface area contributed by atoms with Gasteiger partial charge in [0.2, 0.25) is 5.91 Å². The molecule has 2 heterocycles. The van der Waals surface area contributed by atoms with Crippen molar-refractivity contribution in [1.29, 1.82) is 0 Å². The smallest absolute Gasteiger partial charge is 0.236 e. The van der Waals surface area contributed by atoms with Crippen LogP contribution in [0.3, 0.4) is 0 Å². The average molecular weight is 256 g/mol. The van der Waals surface area contributed by atoms with Gasteiger partial charge in [-0.2, -0.15) is 0 Å². The quantitative estimate of drug-likeness (QED) is 0.774. The van der Waals surface area contributed by atoms with Crippen molar-refractivity contribution < 1.29 is 14.6 Å². The Morgan fingerprint density at radius 1 is 1.22 bits per heavy atom. The van der Waals surface area contributed by atoms with Gasteiger partial charge in [-0.3, -0.25) is 9.69 Å². The minimum absolute atomic E-state index is 0.211. The number of nitrogens with zero attached hydrogens (tertiary/aromatic N) is 2. The molecule has 1 amide bonds. The van der Waals surface area contributed by atoms with E-state index in [1.54, 1.807) is 0 Å². The van der Waals surface area contributed by atoms with Crippen LogP contribution in [-0.2, 0) is 9.53 Å². The maximum absolute atomic E-state index is 12.2. The van der Waals surface area contributed by atoms with E-state index in [2.05, 4.69) is 4.90 Å². The molecule has 1 N–H and O–H groups in total. The van der Waals surface area contributed by atoms with Crippen LogP contribution in [-0.4, -0.2) is 72.9 Å². The molecule has 2 saturated heterocycles. The first-order chi connectivity index (χ1) is 8.81. The lowest BCUT2D eigenvalue weighted by Crippen LogP contribution is -2.49. The van der Waals surface area contributed by atoms with E-state index < -0.39 is 0 Å². The van der Waals surface area contributed by atoms with Crippen LogP contribution in [0, 0.1) is 0 Å². The predicted octanol–water partition coefficient (Wildman–Crippen LogP) is 0.0821. The van der Waals surface area contributed by atoms with Gasteiger partial charge in [0, 0.05) is 25.7 Å². The molecule has 2 rings (SSSR count). The minimum Gasteiger partial charge on any atom is -0.396 e. The van der Waals surface area contributed by atoms with Gasteiger partial charge in [-0.15, -0.1) is 0 Å². The Kier molecular flexibility index (Phi) is 5.41. The lowest BCUT2D eigenvalue weighted by molar-refractivity contribution is -0.137. The summed E-state index contributed by atoms with van der Waals surface area (Å²) in [6, 6.07) is 0.383. The van der Waals surface area contributed by atoms with Crippen LogP contribution in [0.1, 0.15) is 25.7 Å². The Bertz CT molecular complexity index is 265. The molecule has 2 aliphatic rings. The van der Waals surface area contributed by atoms with E-state index in [0.717, 1.165) is 38.9 Å². The zero-order valence-corrected chi connectivity index (χ0v) is 11.0. The van der Waals surface area contributed by atoms with Gasteiger partial charge in [-0.1, -0.05) is 6.42 Å². The van der Waals surface area contributed by atoms with Gasteiger partial charge >= 0.3 is 0 Å². The van der Waals surface area contributed by atoms with Crippen LogP contribution < -0.4 is 0 Å². The lowest BCUT2D eigenvalue weighted by atomic mass is 9.99. The van der Waals surface area contributed by atoms with E-state index in [1.807, 2.05) is 4.90 Å². The third kappa shape index (κ3) is 3.67. The average Bonchev–Trinajstić information content (AvgIpc) is 2.42. The highest BCUT2D eigenvalue weighted by atomic mass is 16.5. The molecule has 0 bridgehead atoms. The maximum atomic E-state index is 12.2. The Morgan fingerprint density at radius 3 is 2.72 bits per heavy atom. The highest BCUT2D eigenvalue weighted by molar-refractivity contribution is 5.78. The van der Waals surface area contributed by atoms with Gasteiger partial charge in [-0.25, -0.2) is 0 Å². The van der Waals surface area contributed by atoms with Gasteiger partial charge in [0.25, 0.3) is 0 Å². The molecule has 1 atom stereocenters. The summed E-state index contributed by atoms with van der Waals surface area (Å²) in [7, 11) is 0. The second-order valence-corrected chi connectivity index (χ2v) is 5.13. The van der Waals surface area contributed by atoms with E-state index in [-0.39, 0.29) is 12.5 Å². The monoisotopic (exact) mass is 256 g/mol. The number of morpholine rings is 1. The second-order valence-electron chi connectivity index (χ2n) is 5.13. The number of aliphatic hydroxyl groups is 1. The third-order valence-corrected chi connectivity index (χ3v) is 3.91. The van der Waals surface area contributed by atoms with Crippen LogP contribution in [0.2, 0.25) is 0 Å². The van der Waals surface area contributed by atoms with Gasteiger partial charge in [0.1, 0.15) is 0 Å². The molecule has 5 heteroatoms. The highest BCUT2D eigenvalue weighted by Crippen LogP contribution is 2.19. The van der Waals surface area contributed by atoms with E-state index in [0.29, 0.717) is 25.8 Å². The van der Waals surface area contributed by atoms with Gasteiger partial charge in [0.15, 0.2) is 0 Å². The van der Waals surface area contributed by atoms with E-state index in [9.17, 15) is 4.79 Å². The molecule has 0 aromatic heterocycles. The molecule has 0 saturated carbocycles. The zero-order valence-electron chi connectivity index (χ0n) is 11.0. The van der Waals surface area contributed by atoms with Crippen LogP contribution >= 0.6 is 0 Å². The number of carbonyl (C=O) groups is 1. The standard InChI is InChI=1S/C13H24N2O3/c16-8-4-12-3-1-2-5-15(12)11-13(17)14-6-9-18-10-7-14/h12,16H,1-11H2/t12-/m0/s1. The number of likely N-dealkylation sites (tertiary alicyclic amines) is 1. The lowest BCUT2D eigenvalue weighted by Gasteiger charge is -2.37. The van der Waals surface area contributed by atoms with E-state index >= 15 is 0 Å². The van der Waals surface area contributed by atoms with Crippen LogP contribution in [0.5, 0.6) is 0 Å². The number of carbonyl (C=O) groups excluding carboxylic acids is 1. The molecule has 2 fully saturated rings. The molecular weight excluding hydrogens is 232 g/mol. The van der Waals surface area contributed by atoms with Crippen molar-refractivity contribution in [3.8, 4) is 0 Å². The molecule has 0 aliphatic carbocycles. The van der Waals surface area contributed by atoms with Crippen LogP contribution in [0.4, 0.5) is 0 Å². The van der Waals surface area contributed by atoms with Gasteiger partial charge in [0.05, 0.1) is 19.8 Å². The van der Waals surface area contributed by atoms with Crippen molar-refractivity contribution in [2.24, 2.45) is 0 Å². The Labute approximate surface area is 109 Å². The SMILES string of the molecule is O=C(CN1CCCC[C@H]1CCO)N1CCOCC1. The van der Waals surface area contributed by atoms with Crippen LogP contribution in [0.25, 0.3) is 0 Å². The number of amides is 1. The Balaban J connectivity index is 1.83. The number of hydrogen-bond donors (Lipinski definition) is 1. The van der Waals surface area contributed by atoms with Gasteiger partial charge < -0.3 is 14.7 Å². The molecule has 0 aromatic rings. The number of aliphatic hydroxyl groups excluding tert-OH is 1. The van der Waals surface area contributed by atoms with Crippen molar-refractivity contribution in [2.45, 2.75) is 31.7 Å². The molecule has 18 heavy (non-hydrogen) atoms. The molecule has 2 aliphatic heterocycles. The fourth-order valence-electron chi connectivity index (χ4n) is 2.83. The molecule has 0 spiro atoms. The molecule has 0 aromatic carbocycles. The molecule has 0 radical (unpaired) electrons. The summed E-state index contributed by atoms with van der Waals surface area (Å²) in [4.78, 5) is 16.3. The molecule has 104 valence electrons. The predicted molar refractivity (Wildman–Crippen MR) is 68.3 cm³/mol. The van der Waals surface area contributed by atoms with Crippen molar-refractivity contribution in [1.82, 2.24) is 9.80 Å². The van der Waals surface area contributed by atoms with Crippen molar-refractivity contribution in [3.63, 3.8) is 0 Å². The first-order valence-electron chi connectivity index (χ1n) is 7.01. The molecule has 5 nitrogen and oxygen atoms in total. The number of ether oxygens (including phenoxy) is 1. The fourth-order valence-corrected chi connectivity index (χ4v) is 2.83. The number of piperidine rings is 1.